The minimum atomic E-state index is -3.01. The quantitative estimate of drug-likeness (QED) is 0.110. The Labute approximate surface area is 527 Å². The molecule has 2 nitrogen and oxygen atoms in total. The van der Waals surface area contributed by atoms with E-state index in [0.29, 0.717) is 0 Å². The molecular formula is C88H55NOSi. The lowest BCUT2D eigenvalue weighted by Gasteiger charge is -2.32. The molecule has 0 aliphatic carbocycles. The second kappa shape index (κ2) is 20.2. The van der Waals surface area contributed by atoms with Crippen LogP contribution in [-0.2, 0) is 0 Å². The minimum Gasteiger partial charge on any atom is -0.456 e. The highest BCUT2D eigenvalue weighted by Gasteiger charge is 2.49. The Balaban J connectivity index is 0.786. The van der Waals surface area contributed by atoms with Gasteiger partial charge in [0, 0.05) is 27.2 Å². The number of hydrogen-bond acceptors (Lipinski definition) is 1. The van der Waals surface area contributed by atoms with Crippen LogP contribution in [-0.4, -0.2) is 12.6 Å². The van der Waals surface area contributed by atoms with Gasteiger partial charge in [-0.15, -0.1) is 0 Å². The van der Waals surface area contributed by atoms with Crippen LogP contribution in [0.2, 0.25) is 0 Å². The van der Waals surface area contributed by atoms with Crippen LogP contribution in [0.1, 0.15) is 0 Å². The van der Waals surface area contributed by atoms with Gasteiger partial charge in [0.05, 0.1) is 11.0 Å². The highest BCUT2D eigenvalue weighted by Crippen LogP contribution is 2.43. The average molecular weight is 1170 g/mol. The lowest BCUT2D eigenvalue weighted by atomic mass is 9.92. The summed E-state index contributed by atoms with van der Waals surface area (Å²) < 4.78 is 8.87. The van der Waals surface area contributed by atoms with E-state index in [1.165, 1.54) is 152 Å². The Kier molecular flexibility index (Phi) is 11.4. The summed E-state index contributed by atoms with van der Waals surface area (Å²) in [7, 11) is -3.01. The first-order valence-electron chi connectivity index (χ1n) is 31.5. The molecule has 3 heterocycles. The lowest BCUT2D eigenvalue weighted by molar-refractivity contribution is 0.669. The molecule has 422 valence electrons. The largest absolute Gasteiger partial charge is 0.456 e. The molecule has 0 spiro atoms. The third-order valence-electron chi connectivity index (χ3n) is 19.9. The van der Waals surface area contributed by atoms with Gasteiger partial charge in [-0.3, -0.25) is 0 Å². The number of aromatic nitrogens is 1. The number of hydrogen-bond donors (Lipinski definition) is 0. The Morgan fingerprint density at radius 2 is 0.604 bits per heavy atom. The third kappa shape index (κ3) is 7.91. The van der Waals surface area contributed by atoms with E-state index in [0.717, 1.165) is 27.6 Å². The number of para-hydroxylation sites is 1. The van der Waals surface area contributed by atoms with Gasteiger partial charge in [0.25, 0.3) is 0 Å². The average Bonchev–Trinajstić information content (AvgIpc) is 1.55. The summed E-state index contributed by atoms with van der Waals surface area (Å²) in [6.45, 7) is 0. The summed E-state index contributed by atoms with van der Waals surface area (Å²) in [4.78, 5) is 0. The Morgan fingerprint density at radius 3 is 1.16 bits per heavy atom. The highest BCUT2D eigenvalue weighted by atomic mass is 28.3. The van der Waals surface area contributed by atoms with Gasteiger partial charge in [0.15, 0.2) is 8.07 Å². The minimum absolute atomic E-state index is 0.904. The van der Waals surface area contributed by atoms with Crippen LogP contribution in [0, 0.1) is 0 Å². The summed E-state index contributed by atoms with van der Waals surface area (Å²) >= 11 is 0. The van der Waals surface area contributed by atoms with E-state index in [1.807, 2.05) is 6.07 Å². The molecule has 0 saturated carbocycles. The molecule has 1 aliphatic heterocycles. The molecule has 91 heavy (non-hydrogen) atoms. The van der Waals surface area contributed by atoms with E-state index < -0.39 is 8.07 Å². The van der Waals surface area contributed by atoms with Crippen molar-refractivity contribution in [2.45, 2.75) is 0 Å². The van der Waals surface area contributed by atoms with E-state index in [9.17, 15) is 0 Å². The van der Waals surface area contributed by atoms with Crippen LogP contribution < -0.4 is 20.7 Å². The van der Waals surface area contributed by atoms with Gasteiger partial charge >= 0.3 is 0 Å². The predicted octanol–water partition coefficient (Wildman–Crippen LogP) is 21.0. The van der Waals surface area contributed by atoms with Crippen molar-refractivity contribution < 1.29 is 4.42 Å². The maximum atomic E-state index is 6.34. The van der Waals surface area contributed by atoms with Crippen LogP contribution in [0.5, 0.6) is 0 Å². The summed E-state index contributed by atoms with van der Waals surface area (Å²) in [5.41, 5.74) is 19.9. The molecule has 0 fully saturated rings. The Bertz CT molecular complexity index is 5740. The molecule has 18 aromatic rings. The summed E-state index contributed by atoms with van der Waals surface area (Å²) in [6.07, 6.45) is 0. The fraction of sp³-hybridized carbons (Fsp3) is 0. The van der Waals surface area contributed by atoms with E-state index in [1.54, 1.807) is 0 Å². The molecule has 0 radical (unpaired) electrons. The molecule has 19 rings (SSSR count). The van der Waals surface area contributed by atoms with Crippen molar-refractivity contribution in [2.75, 3.05) is 0 Å². The molecule has 2 aromatic heterocycles. The van der Waals surface area contributed by atoms with Gasteiger partial charge in [0.2, 0.25) is 0 Å². The molecule has 3 heteroatoms. The van der Waals surface area contributed by atoms with E-state index >= 15 is 0 Å². The van der Waals surface area contributed by atoms with Crippen LogP contribution in [0.25, 0.3) is 159 Å². The summed E-state index contributed by atoms with van der Waals surface area (Å²) in [5.74, 6) is 0. The zero-order valence-corrected chi connectivity index (χ0v) is 50.6. The maximum absolute atomic E-state index is 6.34. The molecule has 0 N–H and O–H groups in total. The van der Waals surface area contributed by atoms with Crippen LogP contribution in [0.15, 0.2) is 338 Å². The molecule has 0 unspecified atom stereocenters. The van der Waals surface area contributed by atoms with Crippen molar-refractivity contribution in [1.29, 1.82) is 0 Å². The Hall–Kier alpha value is -11.6. The van der Waals surface area contributed by atoms with Crippen LogP contribution in [0.4, 0.5) is 0 Å². The maximum Gasteiger partial charge on any atom is 0.180 e. The summed E-state index contributed by atoms with van der Waals surface area (Å²) in [6, 6.07) is 125. The van der Waals surface area contributed by atoms with Crippen molar-refractivity contribution in [3.05, 3.63) is 334 Å². The zero-order valence-electron chi connectivity index (χ0n) is 49.6. The zero-order chi connectivity index (χ0) is 59.7. The fourth-order valence-electron chi connectivity index (χ4n) is 15.6. The number of fused-ring (bicyclic) bond motifs is 15. The molecule has 0 amide bonds. The molecule has 0 bridgehead atoms. The van der Waals surface area contributed by atoms with Crippen LogP contribution in [0.3, 0.4) is 0 Å². The molecule has 16 aromatic carbocycles. The normalized spacial score (nSPS) is 12.7. The fourth-order valence-corrected chi connectivity index (χ4v) is 20.9. The monoisotopic (exact) mass is 1170 g/mol. The smallest absolute Gasteiger partial charge is 0.180 e. The first-order chi connectivity index (χ1) is 45.1. The van der Waals surface area contributed by atoms with E-state index in [4.69, 9.17) is 4.42 Å². The molecule has 0 saturated heterocycles. The van der Waals surface area contributed by atoms with Gasteiger partial charge in [-0.05, 0) is 197 Å². The van der Waals surface area contributed by atoms with Gasteiger partial charge in [-0.1, -0.05) is 267 Å². The van der Waals surface area contributed by atoms with Gasteiger partial charge < -0.3 is 8.98 Å². The van der Waals surface area contributed by atoms with Crippen molar-refractivity contribution in [3.63, 3.8) is 0 Å². The third-order valence-corrected chi connectivity index (χ3v) is 24.7. The Morgan fingerprint density at radius 1 is 0.220 bits per heavy atom. The number of furan rings is 1. The first kappa shape index (κ1) is 51.4. The second-order valence-electron chi connectivity index (χ2n) is 24.6. The number of rotatable bonds is 8. The number of benzene rings is 16. The predicted molar refractivity (Wildman–Crippen MR) is 388 cm³/mol. The molecule has 0 atom stereocenters. The molecular weight excluding hydrogens is 1120 g/mol. The van der Waals surface area contributed by atoms with E-state index in [2.05, 4.69) is 332 Å². The van der Waals surface area contributed by atoms with Crippen molar-refractivity contribution >= 4 is 116 Å². The topological polar surface area (TPSA) is 18.1 Å². The van der Waals surface area contributed by atoms with Gasteiger partial charge in [0.1, 0.15) is 11.2 Å². The first-order valence-corrected chi connectivity index (χ1v) is 33.5. The van der Waals surface area contributed by atoms with Crippen LogP contribution >= 0.6 is 0 Å². The number of nitrogens with zero attached hydrogens (tertiary/aromatic N) is 1. The van der Waals surface area contributed by atoms with E-state index in [-0.39, 0.29) is 0 Å². The van der Waals surface area contributed by atoms with Crippen molar-refractivity contribution in [1.82, 2.24) is 4.57 Å². The lowest BCUT2D eigenvalue weighted by Crippen LogP contribution is -2.72. The standard InChI is InChI=1S/C88H55NOSi/c1-3-19-67(20-4-1)91(68-21-5-2-6-22-68)87-54-63(62-42-48-86-82(51-62)75-29-15-16-30-85(75)90-86)39-44-76(87)77-45-43-66(55-88(77)91)89-83-46-40-60(56-31-35-58(36-32-56)78-52-64-17-7-9-23-69(64)71-25-11-13-27-73(71)78)49-80(83)81-50-61(41-47-84(81)89)57-33-37-59(38-34-57)79-53-65-18-8-10-24-70(65)72-26-12-14-28-74(72)79/h1-55H. The SMILES string of the molecule is c1ccc([Si]2(c3ccccc3)c3cc(-c4ccc5oc6ccccc6c5c4)ccc3-c3ccc(-n4c5ccc(-c6ccc(-c7cc8ccccc8c8ccccc78)cc6)cc5c5cc(-c6ccc(-c7cc8ccccc8c8ccccc78)cc6)ccc54)cc32)cc1. The molecule has 1 aliphatic rings. The second-order valence-corrected chi connectivity index (χ2v) is 28.3. The highest BCUT2D eigenvalue weighted by molar-refractivity contribution is 7.22. The van der Waals surface area contributed by atoms with Crippen molar-refractivity contribution in [2.24, 2.45) is 0 Å². The van der Waals surface area contributed by atoms with Crippen molar-refractivity contribution in [3.8, 4) is 72.4 Å². The van der Waals surface area contributed by atoms with Gasteiger partial charge in [-0.25, -0.2) is 0 Å². The summed E-state index contributed by atoms with van der Waals surface area (Å²) in [5, 5.41) is 20.4. The van der Waals surface area contributed by atoms with Gasteiger partial charge in [-0.2, -0.15) is 0 Å².